The summed E-state index contributed by atoms with van der Waals surface area (Å²) in [6.45, 7) is 5.26. The fraction of sp³-hybridized carbons (Fsp3) is 0.529. The third-order valence-corrected chi connectivity index (χ3v) is 5.61. The van der Waals surface area contributed by atoms with E-state index in [1.165, 1.54) is 0 Å². The smallest absolute Gasteiger partial charge is 0.350 e. The van der Waals surface area contributed by atoms with Gasteiger partial charge in [-0.3, -0.25) is 4.90 Å². The average Bonchev–Trinajstić information content (AvgIpc) is 2.81. The van der Waals surface area contributed by atoms with Crippen LogP contribution in [0, 0.1) is 0 Å². The fourth-order valence-corrected chi connectivity index (χ4v) is 4.27. The van der Waals surface area contributed by atoms with E-state index in [1.807, 2.05) is 18.2 Å². The lowest BCUT2D eigenvalue weighted by atomic mass is 10.3. The first-order valence-electron chi connectivity index (χ1n) is 8.54. The molecule has 0 saturated carbocycles. The van der Waals surface area contributed by atoms with Gasteiger partial charge in [-0.05, 0) is 18.6 Å². The lowest BCUT2D eigenvalue weighted by molar-refractivity contribution is 0.0368. The van der Waals surface area contributed by atoms with Gasteiger partial charge in [0.25, 0.3) is 0 Å². The molecule has 1 saturated heterocycles. The average molecular weight is 346 g/mol. The molecule has 0 amide bonds. The molecular weight excluding hydrogens is 324 g/mol. The number of morpholine rings is 1. The Balaban J connectivity index is 1.52. The van der Waals surface area contributed by atoms with Gasteiger partial charge < -0.3 is 4.74 Å². The zero-order chi connectivity index (χ0) is 16.4. The van der Waals surface area contributed by atoms with Crippen molar-refractivity contribution in [3.63, 3.8) is 0 Å². The molecule has 2 aromatic rings. The van der Waals surface area contributed by atoms with E-state index in [0.717, 1.165) is 67.8 Å². The summed E-state index contributed by atoms with van der Waals surface area (Å²) in [6, 6.07) is 8.10. The van der Waals surface area contributed by atoms with E-state index in [4.69, 9.17) is 4.74 Å². The summed E-state index contributed by atoms with van der Waals surface area (Å²) in [6.07, 6.45) is 1.76. The van der Waals surface area contributed by atoms with Crippen molar-refractivity contribution in [2.24, 2.45) is 0 Å². The molecule has 24 heavy (non-hydrogen) atoms. The van der Waals surface area contributed by atoms with Crippen LogP contribution < -0.4 is 5.69 Å². The van der Waals surface area contributed by atoms with Gasteiger partial charge in [-0.1, -0.05) is 12.1 Å². The Morgan fingerprint density at radius 3 is 2.88 bits per heavy atom. The van der Waals surface area contributed by atoms with E-state index in [2.05, 4.69) is 16.1 Å². The standard InChI is InChI=1S/C17H22N4O2S/c22-17-20(8-3-7-19-9-11-23-12-10-19)18-16-6-13-24-15-5-2-1-4-14(15)21(16)17/h1-2,4-5H,3,6-13H2. The first kappa shape index (κ1) is 15.9. The highest BCUT2D eigenvalue weighted by atomic mass is 32.2. The zero-order valence-corrected chi connectivity index (χ0v) is 14.5. The molecule has 0 atom stereocenters. The van der Waals surface area contributed by atoms with E-state index < -0.39 is 0 Å². The van der Waals surface area contributed by atoms with Gasteiger partial charge in [-0.25, -0.2) is 14.0 Å². The zero-order valence-electron chi connectivity index (χ0n) is 13.7. The van der Waals surface area contributed by atoms with E-state index in [1.54, 1.807) is 21.0 Å². The number of benzene rings is 1. The molecule has 3 heterocycles. The lowest BCUT2D eigenvalue weighted by Gasteiger charge is -2.26. The van der Waals surface area contributed by atoms with Crippen molar-refractivity contribution in [3.05, 3.63) is 40.6 Å². The quantitative estimate of drug-likeness (QED) is 0.838. The van der Waals surface area contributed by atoms with Gasteiger partial charge in [0, 0.05) is 43.2 Å². The molecule has 4 rings (SSSR count). The number of hydrogen-bond donors (Lipinski definition) is 0. The molecule has 0 unspecified atom stereocenters. The third kappa shape index (κ3) is 3.16. The van der Waals surface area contributed by atoms with Gasteiger partial charge in [0.05, 0.1) is 18.9 Å². The first-order chi connectivity index (χ1) is 11.8. The van der Waals surface area contributed by atoms with Crippen LogP contribution in [-0.2, 0) is 17.7 Å². The van der Waals surface area contributed by atoms with Gasteiger partial charge in [-0.2, -0.15) is 5.10 Å². The van der Waals surface area contributed by atoms with Crippen molar-refractivity contribution in [2.75, 3.05) is 38.6 Å². The van der Waals surface area contributed by atoms with Crippen LogP contribution in [0.5, 0.6) is 0 Å². The van der Waals surface area contributed by atoms with Gasteiger partial charge in [0.1, 0.15) is 5.82 Å². The lowest BCUT2D eigenvalue weighted by Crippen LogP contribution is -2.37. The molecule has 128 valence electrons. The van der Waals surface area contributed by atoms with Crippen LogP contribution >= 0.6 is 11.8 Å². The molecule has 0 aliphatic carbocycles. The van der Waals surface area contributed by atoms with Crippen molar-refractivity contribution >= 4 is 11.8 Å². The Bertz CT molecular complexity index is 764. The minimum Gasteiger partial charge on any atom is -0.379 e. The van der Waals surface area contributed by atoms with Gasteiger partial charge in [0.2, 0.25) is 0 Å². The summed E-state index contributed by atoms with van der Waals surface area (Å²) in [5, 5.41) is 4.60. The van der Waals surface area contributed by atoms with Gasteiger partial charge in [-0.15, -0.1) is 11.8 Å². The van der Waals surface area contributed by atoms with Crippen LogP contribution in [-0.4, -0.2) is 57.8 Å². The van der Waals surface area contributed by atoms with E-state index in [9.17, 15) is 4.79 Å². The van der Waals surface area contributed by atoms with Gasteiger partial charge >= 0.3 is 5.69 Å². The Morgan fingerprint density at radius 2 is 2.00 bits per heavy atom. The summed E-state index contributed by atoms with van der Waals surface area (Å²) in [7, 11) is 0. The predicted molar refractivity (Wildman–Crippen MR) is 94.1 cm³/mol. The highest BCUT2D eigenvalue weighted by molar-refractivity contribution is 7.99. The molecule has 0 spiro atoms. The maximum atomic E-state index is 12.8. The molecule has 1 aromatic carbocycles. The number of ether oxygens (including phenoxy) is 1. The molecule has 1 aromatic heterocycles. The monoisotopic (exact) mass is 346 g/mol. The van der Waals surface area contributed by atoms with Crippen molar-refractivity contribution in [3.8, 4) is 5.69 Å². The Kier molecular flexibility index (Phi) is 4.73. The number of aromatic nitrogens is 3. The number of nitrogens with zero attached hydrogens (tertiary/aromatic N) is 4. The second kappa shape index (κ2) is 7.13. The van der Waals surface area contributed by atoms with E-state index in [-0.39, 0.29) is 5.69 Å². The summed E-state index contributed by atoms with van der Waals surface area (Å²) in [5.41, 5.74) is 0.960. The normalized spacial score (nSPS) is 18.0. The maximum absolute atomic E-state index is 12.8. The summed E-state index contributed by atoms with van der Waals surface area (Å²) in [5.74, 6) is 1.84. The van der Waals surface area contributed by atoms with Gasteiger partial charge in [0.15, 0.2) is 0 Å². The summed E-state index contributed by atoms with van der Waals surface area (Å²) < 4.78 is 8.81. The van der Waals surface area contributed by atoms with Crippen molar-refractivity contribution in [2.45, 2.75) is 24.3 Å². The maximum Gasteiger partial charge on any atom is 0.350 e. The van der Waals surface area contributed by atoms with Crippen LogP contribution in [0.1, 0.15) is 12.2 Å². The van der Waals surface area contributed by atoms with Crippen molar-refractivity contribution in [1.29, 1.82) is 0 Å². The number of para-hydroxylation sites is 1. The number of thioether (sulfide) groups is 1. The molecule has 2 aliphatic rings. The van der Waals surface area contributed by atoms with Crippen LogP contribution in [0.4, 0.5) is 0 Å². The highest BCUT2D eigenvalue weighted by Crippen LogP contribution is 2.29. The molecule has 0 N–H and O–H groups in total. The van der Waals surface area contributed by atoms with E-state index >= 15 is 0 Å². The molecule has 6 nitrogen and oxygen atoms in total. The SMILES string of the molecule is O=c1n(CCCN2CCOCC2)nc2n1-c1ccccc1SCC2. The minimum atomic E-state index is -0.0121. The Morgan fingerprint density at radius 1 is 1.17 bits per heavy atom. The number of hydrogen-bond acceptors (Lipinski definition) is 5. The summed E-state index contributed by atoms with van der Waals surface area (Å²) in [4.78, 5) is 16.4. The van der Waals surface area contributed by atoms with Crippen LogP contribution in [0.3, 0.4) is 0 Å². The molecular formula is C17H22N4O2S. The third-order valence-electron chi connectivity index (χ3n) is 4.54. The number of aryl methyl sites for hydroxylation is 2. The van der Waals surface area contributed by atoms with Crippen molar-refractivity contribution in [1.82, 2.24) is 19.2 Å². The predicted octanol–water partition coefficient (Wildman–Crippen LogP) is 1.40. The first-order valence-corrected chi connectivity index (χ1v) is 9.52. The van der Waals surface area contributed by atoms with Crippen LogP contribution in [0.15, 0.2) is 34.0 Å². The number of rotatable bonds is 4. The molecule has 0 radical (unpaired) electrons. The second-order valence-electron chi connectivity index (χ2n) is 6.13. The van der Waals surface area contributed by atoms with Crippen LogP contribution in [0.2, 0.25) is 0 Å². The van der Waals surface area contributed by atoms with Crippen LogP contribution in [0.25, 0.3) is 5.69 Å². The Hall–Kier alpha value is -1.57. The minimum absolute atomic E-state index is 0.0121. The molecule has 7 heteroatoms. The summed E-state index contributed by atoms with van der Waals surface area (Å²) >= 11 is 1.79. The van der Waals surface area contributed by atoms with Crippen molar-refractivity contribution < 1.29 is 4.74 Å². The molecule has 2 aliphatic heterocycles. The fourth-order valence-electron chi connectivity index (χ4n) is 3.29. The largest absolute Gasteiger partial charge is 0.379 e. The van der Waals surface area contributed by atoms with E-state index in [0.29, 0.717) is 6.54 Å². The Labute approximate surface area is 145 Å². The molecule has 1 fully saturated rings. The second-order valence-corrected chi connectivity index (χ2v) is 7.27. The highest BCUT2D eigenvalue weighted by Gasteiger charge is 2.20. The number of fused-ring (bicyclic) bond motifs is 3. The topological polar surface area (TPSA) is 52.3 Å². The molecule has 0 bridgehead atoms.